The monoisotopic (exact) mass is 336 g/mol. The Labute approximate surface area is 147 Å². The van der Waals surface area contributed by atoms with Gasteiger partial charge in [-0.1, -0.05) is 30.2 Å². The fraction of sp³-hybridized carbons (Fsp3) is 0.200. The highest BCUT2D eigenvalue weighted by Gasteiger charge is 2.02. The lowest BCUT2D eigenvalue weighted by Crippen LogP contribution is -2.19. The van der Waals surface area contributed by atoms with Gasteiger partial charge in [0.25, 0.3) is 0 Å². The van der Waals surface area contributed by atoms with Crippen LogP contribution in [0.1, 0.15) is 18.1 Å². The maximum atomic E-state index is 11.9. The fourth-order valence-electron chi connectivity index (χ4n) is 2.08. The fourth-order valence-corrected chi connectivity index (χ4v) is 2.08. The van der Waals surface area contributed by atoms with Gasteiger partial charge in [0.1, 0.15) is 18.1 Å². The molecule has 2 aromatic carbocycles. The molecule has 1 amide bonds. The van der Waals surface area contributed by atoms with Crippen molar-refractivity contribution in [1.29, 1.82) is 0 Å². The first kappa shape index (κ1) is 18.1. The highest BCUT2D eigenvalue weighted by atomic mass is 16.5. The first-order valence-electron chi connectivity index (χ1n) is 7.91. The van der Waals surface area contributed by atoms with Crippen LogP contribution in [0, 0.1) is 12.3 Å². The molecule has 5 heteroatoms. The molecule has 5 nitrogen and oxygen atoms in total. The molecule has 0 unspecified atom stereocenters. The molecule has 0 heterocycles. The van der Waals surface area contributed by atoms with Crippen molar-refractivity contribution in [2.24, 2.45) is 5.10 Å². The van der Waals surface area contributed by atoms with Crippen LogP contribution in [0.3, 0.4) is 0 Å². The lowest BCUT2D eigenvalue weighted by atomic mass is 10.1. The molecule has 0 aliphatic rings. The van der Waals surface area contributed by atoms with Crippen molar-refractivity contribution < 1.29 is 14.3 Å². The van der Waals surface area contributed by atoms with Gasteiger partial charge < -0.3 is 9.47 Å². The summed E-state index contributed by atoms with van der Waals surface area (Å²) in [6.07, 6.45) is 6.96. The minimum Gasteiger partial charge on any atom is -0.494 e. The van der Waals surface area contributed by atoms with E-state index in [1.54, 1.807) is 18.3 Å². The van der Waals surface area contributed by atoms with Gasteiger partial charge in [-0.05, 0) is 42.3 Å². The van der Waals surface area contributed by atoms with Gasteiger partial charge in [-0.15, -0.1) is 6.42 Å². The van der Waals surface area contributed by atoms with Crippen molar-refractivity contribution in [3.63, 3.8) is 0 Å². The summed E-state index contributed by atoms with van der Waals surface area (Å²) in [6, 6.07) is 14.7. The molecule has 0 radical (unpaired) electrons. The van der Waals surface area contributed by atoms with Crippen molar-refractivity contribution in [3.8, 4) is 23.8 Å². The third-order valence-electron chi connectivity index (χ3n) is 3.18. The average molecular weight is 336 g/mol. The first-order chi connectivity index (χ1) is 12.2. The van der Waals surface area contributed by atoms with Gasteiger partial charge in [0.05, 0.1) is 19.2 Å². The summed E-state index contributed by atoms with van der Waals surface area (Å²) >= 11 is 0. The summed E-state index contributed by atoms with van der Waals surface area (Å²) in [7, 11) is 0. The summed E-state index contributed by atoms with van der Waals surface area (Å²) in [5.41, 5.74) is 4.20. The van der Waals surface area contributed by atoms with Gasteiger partial charge in [0.2, 0.25) is 5.91 Å². The Morgan fingerprint density at radius 1 is 1.20 bits per heavy atom. The third-order valence-corrected chi connectivity index (χ3v) is 3.18. The van der Waals surface area contributed by atoms with Crippen LogP contribution >= 0.6 is 0 Å². The quantitative estimate of drug-likeness (QED) is 0.458. The minimum absolute atomic E-state index is 0.194. The summed E-state index contributed by atoms with van der Waals surface area (Å²) in [6.45, 7) is 2.75. The molecule has 1 N–H and O–H groups in total. The van der Waals surface area contributed by atoms with Crippen molar-refractivity contribution in [2.75, 3.05) is 13.2 Å². The van der Waals surface area contributed by atoms with Crippen LogP contribution in [0.2, 0.25) is 0 Å². The van der Waals surface area contributed by atoms with Gasteiger partial charge in [-0.2, -0.15) is 5.10 Å². The number of ether oxygens (including phenoxy) is 2. The van der Waals surface area contributed by atoms with Gasteiger partial charge in [-0.25, -0.2) is 5.43 Å². The van der Waals surface area contributed by atoms with E-state index < -0.39 is 0 Å². The van der Waals surface area contributed by atoms with E-state index in [0.29, 0.717) is 12.4 Å². The Morgan fingerprint density at radius 2 is 2.00 bits per heavy atom. The van der Waals surface area contributed by atoms with Gasteiger partial charge in [-0.3, -0.25) is 4.79 Å². The second-order valence-electron chi connectivity index (χ2n) is 5.11. The number of benzene rings is 2. The number of nitrogens with one attached hydrogen (secondary N) is 1. The first-order valence-corrected chi connectivity index (χ1v) is 7.91. The van der Waals surface area contributed by atoms with E-state index in [0.717, 1.165) is 16.9 Å². The smallest absolute Gasteiger partial charge is 0.244 e. The van der Waals surface area contributed by atoms with Crippen molar-refractivity contribution >= 4 is 12.1 Å². The predicted octanol–water partition coefficient (Wildman–Crippen LogP) is 2.79. The van der Waals surface area contributed by atoms with Crippen LogP contribution in [-0.4, -0.2) is 25.3 Å². The number of hydrogen-bond acceptors (Lipinski definition) is 4. The molecule has 0 bridgehead atoms. The number of terminal acetylenes is 1. The molecule has 0 aliphatic heterocycles. The molecule has 0 atom stereocenters. The van der Waals surface area contributed by atoms with E-state index in [1.807, 2.05) is 43.3 Å². The molecule has 0 aromatic heterocycles. The van der Waals surface area contributed by atoms with Crippen molar-refractivity contribution in [1.82, 2.24) is 5.43 Å². The third kappa shape index (κ3) is 6.40. The SMILES string of the molecule is C#CCOc1cccc(/C=N/NC(=O)Cc2ccc(OCC)cc2)c1. The van der Waals surface area contributed by atoms with Crippen LogP contribution in [0.15, 0.2) is 53.6 Å². The molecule has 2 rings (SSSR count). The Morgan fingerprint density at radius 3 is 2.72 bits per heavy atom. The van der Waals surface area contributed by atoms with Gasteiger partial charge >= 0.3 is 0 Å². The standard InChI is InChI=1S/C20H20N2O3/c1-3-12-25-19-7-5-6-17(13-19)15-21-22-20(23)14-16-8-10-18(11-9-16)24-4-2/h1,5-11,13,15H,4,12,14H2,2H3,(H,22,23)/b21-15+. The lowest BCUT2D eigenvalue weighted by Gasteiger charge is -2.04. The Kier molecular flexibility index (Phi) is 7.08. The minimum atomic E-state index is -0.194. The normalized spacial score (nSPS) is 10.2. The van der Waals surface area contributed by atoms with E-state index in [2.05, 4.69) is 16.4 Å². The number of hydrogen-bond donors (Lipinski definition) is 1. The molecule has 2 aromatic rings. The Balaban J connectivity index is 1.84. The lowest BCUT2D eigenvalue weighted by molar-refractivity contribution is -0.120. The van der Waals surface area contributed by atoms with Crippen LogP contribution in [-0.2, 0) is 11.2 Å². The summed E-state index contributed by atoms with van der Waals surface area (Å²) in [5, 5.41) is 3.96. The molecule has 25 heavy (non-hydrogen) atoms. The molecule has 0 saturated heterocycles. The summed E-state index contributed by atoms with van der Waals surface area (Å²) in [4.78, 5) is 11.9. The highest BCUT2D eigenvalue weighted by molar-refractivity contribution is 5.83. The largest absolute Gasteiger partial charge is 0.494 e. The van der Waals surface area contributed by atoms with Crippen LogP contribution < -0.4 is 14.9 Å². The van der Waals surface area contributed by atoms with Gasteiger partial charge in [0.15, 0.2) is 0 Å². The molecule has 128 valence electrons. The predicted molar refractivity (Wildman–Crippen MR) is 97.8 cm³/mol. The van der Waals surface area contributed by atoms with Crippen LogP contribution in [0.4, 0.5) is 0 Å². The number of nitrogens with zero attached hydrogens (tertiary/aromatic N) is 1. The van der Waals surface area contributed by atoms with Crippen LogP contribution in [0.5, 0.6) is 11.5 Å². The zero-order valence-electron chi connectivity index (χ0n) is 14.1. The second kappa shape index (κ2) is 9.78. The van der Waals surface area contributed by atoms with E-state index in [1.165, 1.54) is 0 Å². The molecule has 0 spiro atoms. The molecule has 0 aliphatic carbocycles. The van der Waals surface area contributed by atoms with E-state index in [9.17, 15) is 4.79 Å². The molecule has 0 saturated carbocycles. The highest BCUT2D eigenvalue weighted by Crippen LogP contribution is 2.13. The zero-order valence-corrected chi connectivity index (χ0v) is 14.1. The molecule has 0 fully saturated rings. The number of amides is 1. The molecular formula is C20H20N2O3. The number of rotatable bonds is 8. The van der Waals surface area contributed by atoms with Gasteiger partial charge in [0, 0.05) is 0 Å². The summed E-state index contributed by atoms with van der Waals surface area (Å²) < 4.78 is 10.7. The van der Waals surface area contributed by atoms with E-state index >= 15 is 0 Å². The van der Waals surface area contributed by atoms with Crippen molar-refractivity contribution in [2.45, 2.75) is 13.3 Å². The number of carbonyl (C=O) groups is 1. The summed E-state index contributed by atoms with van der Waals surface area (Å²) in [5.74, 6) is 3.66. The van der Waals surface area contributed by atoms with Crippen molar-refractivity contribution in [3.05, 3.63) is 59.7 Å². The topological polar surface area (TPSA) is 59.9 Å². The van der Waals surface area contributed by atoms with E-state index in [-0.39, 0.29) is 18.9 Å². The Bertz CT molecular complexity index is 761. The zero-order chi connectivity index (χ0) is 17.9. The molecular weight excluding hydrogens is 316 g/mol. The average Bonchev–Trinajstić information content (AvgIpc) is 2.62. The van der Waals surface area contributed by atoms with Crippen LogP contribution in [0.25, 0.3) is 0 Å². The maximum Gasteiger partial charge on any atom is 0.244 e. The maximum absolute atomic E-state index is 11.9. The van der Waals surface area contributed by atoms with E-state index in [4.69, 9.17) is 15.9 Å². The Hall–Kier alpha value is -3.26. The second-order valence-corrected chi connectivity index (χ2v) is 5.11. The number of hydrazone groups is 1. The number of carbonyl (C=O) groups excluding carboxylic acids is 1.